The summed E-state index contributed by atoms with van der Waals surface area (Å²) in [6.07, 6.45) is 0. The van der Waals surface area contributed by atoms with Crippen molar-refractivity contribution in [2.75, 3.05) is 12.4 Å². The number of thioether (sulfide) groups is 1. The number of hydrogen-bond donors (Lipinski definition) is 1. The first kappa shape index (κ1) is 15.6. The average Bonchev–Trinajstić information content (AvgIpc) is 2.92. The number of nitrogens with one attached hydrogen (secondary N) is 1. The lowest BCUT2D eigenvalue weighted by atomic mass is 10.3. The third-order valence-corrected chi connectivity index (χ3v) is 3.39. The normalized spacial score (nSPS) is 10.9. The Morgan fingerprint density at radius 1 is 1.24 bits per heavy atom. The summed E-state index contributed by atoms with van der Waals surface area (Å²) in [5.74, 6) is -1.47. The van der Waals surface area contributed by atoms with Gasteiger partial charge in [0.2, 0.25) is 0 Å². The fourth-order valence-electron chi connectivity index (χ4n) is 1.70. The second-order valence-electron chi connectivity index (χ2n) is 4.14. The van der Waals surface area contributed by atoms with E-state index < -0.39 is 11.6 Å². The molecule has 21 heavy (non-hydrogen) atoms. The van der Waals surface area contributed by atoms with Gasteiger partial charge in [0.05, 0.1) is 19.4 Å². The molecule has 0 amide bonds. The standard InChI is InChI=1S/C14H14F3NO2S/c1-19-13-6-9(2-5-12(13)15)18-7-10-3-4-11(20-10)8-21-14(16)17/h2-6,14,18H,7-8H2,1H3. The largest absolute Gasteiger partial charge is 0.494 e. The van der Waals surface area contributed by atoms with Gasteiger partial charge in [0, 0.05) is 11.8 Å². The molecule has 0 bridgehead atoms. The van der Waals surface area contributed by atoms with Crippen LogP contribution < -0.4 is 10.1 Å². The monoisotopic (exact) mass is 317 g/mol. The number of anilines is 1. The van der Waals surface area contributed by atoms with Crippen LogP contribution >= 0.6 is 11.8 Å². The molecule has 3 nitrogen and oxygen atoms in total. The highest BCUT2D eigenvalue weighted by molar-refractivity contribution is 7.98. The lowest BCUT2D eigenvalue weighted by Gasteiger charge is -2.07. The van der Waals surface area contributed by atoms with Gasteiger partial charge in [0.15, 0.2) is 11.6 Å². The summed E-state index contributed by atoms with van der Waals surface area (Å²) in [7, 11) is 1.39. The Kier molecular flexibility index (Phi) is 5.44. The summed E-state index contributed by atoms with van der Waals surface area (Å²) in [6, 6.07) is 7.79. The molecule has 2 aromatic rings. The van der Waals surface area contributed by atoms with Crippen molar-refractivity contribution >= 4 is 17.4 Å². The first-order valence-corrected chi connectivity index (χ1v) is 7.18. The molecule has 1 N–H and O–H groups in total. The molecule has 1 aromatic heterocycles. The van der Waals surface area contributed by atoms with Crippen LogP contribution in [0.2, 0.25) is 0 Å². The minimum atomic E-state index is -2.41. The van der Waals surface area contributed by atoms with Crippen molar-refractivity contribution in [2.24, 2.45) is 0 Å². The molecule has 7 heteroatoms. The fourth-order valence-corrected chi connectivity index (χ4v) is 2.14. The van der Waals surface area contributed by atoms with Gasteiger partial charge in [-0.15, -0.1) is 0 Å². The van der Waals surface area contributed by atoms with Crippen LogP contribution in [0, 0.1) is 5.82 Å². The van der Waals surface area contributed by atoms with Gasteiger partial charge >= 0.3 is 0 Å². The maximum atomic E-state index is 13.3. The van der Waals surface area contributed by atoms with Gasteiger partial charge in [-0.05, 0) is 24.3 Å². The van der Waals surface area contributed by atoms with Crippen LogP contribution in [0.1, 0.15) is 11.5 Å². The Balaban J connectivity index is 1.91. The SMILES string of the molecule is COc1cc(NCc2ccc(CSC(F)F)o2)ccc1F. The summed E-state index contributed by atoms with van der Waals surface area (Å²) >= 11 is 0.513. The van der Waals surface area contributed by atoms with Crippen molar-refractivity contribution in [2.45, 2.75) is 18.1 Å². The molecule has 0 spiro atoms. The number of ether oxygens (including phenoxy) is 1. The lowest BCUT2D eigenvalue weighted by Crippen LogP contribution is -1.99. The number of hydrogen-bond acceptors (Lipinski definition) is 4. The zero-order valence-electron chi connectivity index (χ0n) is 11.2. The van der Waals surface area contributed by atoms with Gasteiger partial charge in [-0.25, -0.2) is 4.39 Å². The van der Waals surface area contributed by atoms with Gasteiger partial charge in [0.25, 0.3) is 5.76 Å². The molecular weight excluding hydrogens is 303 g/mol. The van der Waals surface area contributed by atoms with E-state index in [4.69, 9.17) is 9.15 Å². The molecule has 0 saturated heterocycles. The Bertz CT molecular complexity index is 589. The van der Waals surface area contributed by atoms with Gasteiger partial charge in [-0.2, -0.15) is 8.78 Å². The predicted octanol–water partition coefficient (Wildman–Crippen LogP) is 4.50. The first-order valence-electron chi connectivity index (χ1n) is 6.13. The first-order chi connectivity index (χ1) is 10.1. The van der Waals surface area contributed by atoms with Crippen LogP contribution in [0.25, 0.3) is 0 Å². The molecule has 0 aliphatic rings. The van der Waals surface area contributed by atoms with E-state index in [2.05, 4.69) is 5.32 Å². The number of furan rings is 1. The molecule has 1 aromatic carbocycles. The number of benzene rings is 1. The van der Waals surface area contributed by atoms with E-state index in [1.807, 2.05) is 0 Å². The highest BCUT2D eigenvalue weighted by Crippen LogP contribution is 2.23. The molecule has 0 aliphatic carbocycles. The van der Waals surface area contributed by atoms with E-state index in [1.54, 1.807) is 18.2 Å². The number of rotatable bonds is 7. The molecule has 114 valence electrons. The predicted molar refractivity (Wildman–Crippen MR) is 76.3 cm³/mol. The summed E-state index contributed by atoms with van der Waals surface area (Å²) < 4.78 is 47.7. The zero-order chi connectivity index (χ0) is 15.2. The average molecular weight is 317 g/mol. The van der Waals surface area contributed by atoms with Crippen molar-refractivity contribution in [3.63, 3.8) is 0 Å². The van der Waals surface area contributed by atoms with Crippen molar-refractivity contribution in [1.82, 2.24) is 0 Å². The smallest absolute Gasteiger partial charge is 0.284 e. The zero-order valence-corrected chi connectivity index (χ0v) is 12.1. The molecule has 0 radical (unpaired) electrons. The summed E-state index contributed by atoms with van der Waals surface area (Å²) in [6.45, 7) is 0.369. The van der Waals surface area contributed by atoms with E-state index in [-0.39, 0.29) is 11.5 Å². The molecule has 2 rings (SSSR count). The Morgan fingerprint density at radius 3 is 2.71 bits per heavy atom. The summed E-state index contributed by atoms with van der Waals surface area (Å²) in [4.78, 5) is 0. The van der Waals surface area contributed by atoms with Crippen LogP contribution in [0.15, 0.2) is 34.7 Å². The maximum absolute atomic E-state index is 13.3. The van der Waals surface area contributed by atoms with Crippen molar-refractivity contribution in [1.29, 1.82) is 0 Å². The lowest BCUT2D eigenvalue weighted by molar-refractivity contribution is 0.251. The molecule has 0 fully saturated rings. The van der Waals surface area contributed by atoms with E-state index in [0.29, 0.717) is 35.5 Å². The number of methoxy groups -OCH3 is 1. The van der Waals surface area contributed by atoms with Crippen LogP contribution in [0.4, 0.5) is 18.9 Å². The second-order valence-corrected chi connectivity index (χ2v) is 5.12. The molecule has 0 aliphatic heterocycles. The topological polar surface area (TPSA) is 34.4 Å². The Morgan fingerprint density at radius 2 is 2.00 bits per heavy atom. The molecule has 0 atom stereocenters. The van der Waals surface area contributed by atoms with Crippen LogP contribution in [-0.2, 0) is 12.3 Å². The fraction of sp³-hybridized carbons (Fsp3) is 0.286. The molecular formula is C14H14F3NO2S. The van der Waals surface area contributed by atoms with Gasteiger partial charge < -0.3 is 14.5 Å². The van der Waals surface area contributed by atoms with E-state index >= 15 is 0 Å². The van der Waals surface area contributed by atoms with E-state index in [0.717, 1.165) is 0 Å². The quantitative estimate of drug-likeness (QED) is 0.815. The summed E-state index contributed by atoms with van der Waals surface area (Å²) in [5.41, 5.74) is 0.674. The van der Waals surface area contributed by atoms with Crippen LogP contribution in [0.5, 0.6) is 5.75 Å². The Hall–Kier alpha value is -1.76. The molecule has 0 saturated carbocycles. The van der Waals surface area contributed by atoms with Crippen LogP contribution in [0.3, 0.4) is 0 Å². The maximum Gasteiger partial charge on any atom is 0.284 e. The van der Waals surface area contributed by atoms with Crippen molar-refractivity contribution in [3.05, 3.63) is 47.7 Å². The molecule has 0 unspecified atom stereocenters. The highest BCUT2D eigenvalue weighted by Gasteiger charge is 2.08. The summed E-state index contributed by atoms with van der Waals surface area (Å²) in [5, 5.41) is 3.05. The van der Waals surface area contributed by atoms with Gasteiger partial charge in [-0.3, -0.25) is 0 Å². The van der Waals surface area contributed by atoms with Crippen molar-refractivity contribution < 1.29 is 22.3 Å². The third-order valence-electron chi connectivity index (χ3n) is 2.69. The Labute approximate surface area is 124 Å². The van der Waals surface area contributed by atoms with Gasteiger partial charge in [-0.1, -0.05) is 11.8 Å². The van der Waals surface area contributed by atoms with E-state index in [9.17, 15) is 13.2 Å². The number of halogens is 3. The highest BCUT2D eigenvalue weighted by atomic mass is 32.2. The number of alkyl halides is 2. The van der Waals surface area contributed by atoms with E-state index in [1.165, 1.54) is 19.2 Å². The second kappa shape index (κ2) is 7.31. The third kappa shape index (κ3) is 4.63. The molecule has 1 heterocycles. The van der Waals surface area contributed by atoms with Crippen molar-refractivity contribution in [3.8, 4) is 5.75 Å². The van der Waals surface area contributed by atoms with Gasteiger partial charge in [0.1, 0.15) is 11.5 Å². The van der Waals surface area contributed by atoms with Crippen LogP contribution in [-0.4, -0.2) is 12.9 Å². The minimum absolute atomic E-state index is 0.127. The minimum Gasteiger partial charge on any atom is -0.494 e.